The van der Waals surface area contributed by atoms with E-state index in [1.807, 2.05) is 13.1 Å². The van der Waals surface area contributed by atoms with E-state index in [4.69, 9.17) is 4.74 Å². The SMILES string of the molecule is CNCC1CCCN1C(C)c1ccccc1OC. The van der Waals surface area contributed by atoms with Crippen LogP contribution in [0.25, 0.3) is 0 Å². The molecule has 0 saturated carbocycles. The van der Waals surface area contributed by atoms with Crippen LogP contribution >= 0.6 is 0 Å². The molecular weight excluding hydrogens is 224 g/mol. The fraction of sp³-hybridized carbons (Fsp3) is 0.600. The van der Waals surface area contributed by atoms with Gasteiger partial charge < -0.3 is 10.1 Å². The molecule has 2 rings (SSSR count). The van der Waals surface area contributed by atoms with Gasteiger partial charge in [0.2, 0.25) is 0 Å². The van der Waals surface area contributed by atoms with Crippen molar-refractivity contribution < 1.29 is 4.74 Å². The van der Waals surface area contributed by atoms with Crippen LogP contribution in [-0.2, 0) is 0 Å². The lowest BCUT2D eigenvalue weighted by Gasteiger charge is -2.31. The number of nitrogens with one attached hydrogen (secondary N) is 1. The highest BCUT2D eigenvalue weighted by Gasteiger charge is 2.29. The van der Waals surface area contributed by atoms with E-state index >= 15 is 0 Å². The summed E-state index contributed by atoms with van der Waals surface area (Å²) in [5, 5.41) is 3.30. The van der Waals surface area contributed by atoms with Gasteiger partial charge in [0.05, 0.1) is 7.11 Å². The highest BCUT2D eigenvalue weighted by atomic mass is 16.5. The molecule has 3 nitrogen and oxygen atoms in total. The Morgan fingerprint density at radius 3 is 2.94 bits per heavy atom. The zero-order chi connectivity index (χ0) is 13.0. The lowest BCUT2D eigenvalue weighted by molar-refractivity contribution is 0.188. The second-order valence-electron chi connectivity index (χ2n) is 5.01. The van der Waals surface area contributed by atoms with Crippen molar-refractivity contribution in [3.63, 3.8) is 0 Å². The van der Waals surface area contributed by atoms with Crippen molar-refractivity contribution in [2.45, 2.75) is 31.8 Å². The minimum absolute atomic E-state index is 0.419. The van der Waals surface area contributed by atoms with Gasteiger partial charge in [0, 0.05) is 24.2 Å². The van der Waals surface area contributed by atoms with Gasteiger partial charge in [-0.1, -0.05) is 18.2 Å². The molecule has 1 saturated heterocycles. The van der Waals surface area contributed by atoms with E-state index < -0.39 is 0 Å². The van der Waals surface area contributed by atoms with E-state index in [1.165, 1.54) is 24.9 Å². The predicted molar refractivity (Wildman–Crippen MR) is 75.1 cm³/mol. The van der Waals surface area contributed by atoms with Crippen molar-refractivity contribution in [3.8, 4) is 5.75 Å². The van der Waals surface area contributed by atoms with E-state index in [2.05, 4.69) is 35.3 Å². The summed E-state index contributed by atoms with van der Waals surface area (Å²) in [6, 6.07) is 9.42. The van der Waals surface area contributed by atoms with Gasteiger partial charge in [-0.3, -0.25) is 4.90 Å². The number of benzene rings is 1. The molecule has 0 bridgehead atoms. The number of likely N-dealkylation sites (tertiary alicyclic amines) is 1. The molecule has 3 heteroatoms. The van der Waals surface area contributed by atoms with Gasteiger partial charge in [0.25, 0.3) is 0 Å². The Labute approximate surface area is 110 Å². The fourth-order valence-corrected chi connectivity index (χ4v) is 3.01. The van der Waals surface area contributed by atoms with Crippen LogP contribution in [0.15, 0.2) is 24.3 Å². The van der Waals surface area contributed by atoms with Crippen molar-refractivity contribution in [2.24, 2.45) is 0 Å². The van der Waals surface area contributed by atoms with E-state index in [0.29, 0.717) is 12.1 Å². The topological polar surface area (TPSA) is 24.5 Å². The number of ether oxygens (including phenoxy) is 1. The molecule has 0 aliphatic carbocycles. The lowest BCUT2D eigenvalue weighted by atomic mass is 10.0. The minimum atomic E-state index is 0.419. The van der Waals surface area contributed by atoms with Gasteiger partial charge in [-0.05, 0) is 39.4 Å². The highest BCUT2D eigenvalue weighted by Crippen LogP contribution is 2.33. The van der Waals surface area contributed by atoms with E-state index in [1.54, 1.807) is 7.11 Å². The van der Waals surface area contributed by atoms with Crippen LogP contribution in [0.1, 0.15) is 31.4 Å². The van der Waals surface area contributed by atoms with Crippen molar-refractivity contribution in [1.29, 1.82) is 0 Å². The van der Waals surface area contributed by atoms with Crippen LogP contribution in [0.5, 0.6) is 5.75 Å². The third kappa shape index (κ3) is 2.68. The number of methoxy groups -OCH3 is 1. The molecule has 1 N–H and O–H groups in total. The Balaban J connectivity index is 2.17. The Bertz CT molecular complexity index is 381. The molecule has 1 aliphatic rings. The lowest BCUT2D eigenvalue weighted by Crippen LogP contribution is -2.38. The maximum Gasteiger partial charge on any atom is 0.123 e. The first-order valence-electron chi connectivity index (χ1n) is 6.81. The van der Waals surface area contributed by atoms with Gasteiger partial charge in [-0.2, -0.15) is 0 Å². The normalized spacial score (nSPS) is 22.1. The molecule has 0 radical (unpaired) electrons. The highest BCUT2D eigenvalue weighted by molar-refractivity contribution is 5.35. The van der Waals surface area contributed by atoms with Crippen molar-refractivity contribution in [1.82, 2.24) is 10.2 Å². The van der Waals surface area contributed by atoms with E-state index in [-0.39, 0.29) is 0 Å². The fourth-order valence-electron chi connectivity index (χ4n) is 3.01. The standard InChI is InChI=1S/C15H24N2O/c1-12(14-8-4-5-9-15(14)18-3)17-10-6-7-13(17)11-16-2/h4-5,8-9,12-13,16H,6-7,10-11H2,1-3H3. The first kappa shape index (κ1) is 13.4. The largest absolute Gasteiger partial charge is 0.496 e. The number of hydrogen-bond acceptors (Lipinski definition) is 3. The Morgan fingerprint density at radius 2 is 2.22 bits per heavy atom. The summed E-state index contributed by atoms with van der Waals surface area (Å²) in [7, 11) is 3.78. The molecule has 0 amide bonds. The summed E-state index contributed by atoms with van der Waals surface area (Å²) in [6.07, 6.45) is 2.59. The molecule has 18 heavy (non-hydrogen) atoms. The number of para-hydroxylation sites is 1. The second kappa shape index (κ2) is 6.21. The maximum atomic E-state index is 5.48. The van der Waals surface area contributed by atoms with Crippen LogP contribution in [-0.4, -0.2) is 38.2 Å². The van der Waals surface area contributed by atoms with Gasteiger partial charge in [0.15, 0.2) is 0 Å². The molecule has 1 aromatic rings. The van der Waals surface area contributed by atoms with E-state index in [0.717, 1.165) is 12.3 Å². The Morgan fingerprint density at radius 1 is 1.44 bits per heavy atom. The molecule has 1 aliphatic heterocycles. The van der Waals surface area contributed by atoms with Gasteiger partial charge in [-0.25, -0.2) is 0 Å². The van der Waals surface area contributed by atoms with Crippen LogP contribution in [0.4, 0.5) is 0 Å². The van der Waals surface area contributed by atoms with Crippen LogP contribution < -0.4 is 10.1 Å². The summed E-state index contributed by atoms with van der Waals surface area (Å²) in [5.74, 6) is 1.00. The Kier molecular flexibility index (Phi) is 4.61. The van der Waals surface area contributed by atoms with Crippen LogP contribution in [0.3, 0.4) is 0 Å². The molecule has 2 atom stereocenters. The first-order chi connectivity index (χ1) is 8.77. The average Bonchev–Trinajstić information content (AvgIpc) is 2.86. The number of rotatable bonds is 5. The van der Waals surface area contributed by atoms with E-state index in [9.17, 15) is 0 Å². The molecular formula is C15H24N2O. The predicted octanol–water partition coefficient (Wildman–Crippen LogP) is 2.44. The number of nitrogens with zero attached hydrogens (tertiary/aromatic N) is 1. The zero-order valence-electron chi connectivity index (χ0n) is 11.6. The van der Waals surface area contributed by atoms with Crippen molar-refractivity contribution in [3.05, 3.63) is 29.8 Å². The smallest absolute Gasteiger partial charge is 0.123 e. The molecule has 0 aromatic heterocycles. The van der Waals surface area contributed by atoms with Crippen molar-refractivity contribution in [2.75, 3.05) is 27.2 Å². The average molecular weight is 248 g/mol. The molecule has 0 spiro atoms. The molecule has 100 valence electrons. The summed E-state index contributed by atoms with van der Waals surface area (Å²) in [4.78, 5) is 2.59. The monoisotopic (exact) mass is 248 g/mol. The summed E-state index contributed by atoms with van der Waals surface area (Å²) in [6.45, 7) is 4.54. The van der Waals surface area contributed by atoms with Gasteiger partial charge >= 0.3 is 0 Å². The first-order valence-corrected chi connectivity index (χ1v) is 6.81. The van der Waals surface area contributed by atoms with Crippen LogP contribution in [0.2, 0.25) is 0 Å². The summed E-state index contributed by atoms with van der Waals surface area (Å²) >= 11 is 0. The number of likely N-dealkylation sites (N-methyl/N-ethyl adjacent to an activating group) is 1. The molecule has 1 fully saturated rings. The Hall–Kier alpha value is -1.06. The number of hydrogen-bond donors (Lipinski definition) is 1. The second-order valence-corrected chi connectivity index (χ2v) is 5.01. The third-order valence-corrected chi connectivity index (χ3v) is 3.95. The summed E-state index contributed by atoms with van der Waals surface area (Å²) in [5.41, 5.74) is 1.29. The van der Waals surface area contributed by atoms with Gasteiger partial charge in [-0.15, -0.1) is 0 Å². The quantitative estimate of drug-likeness (QED) is 0.866. The molecule has 2 unspecified atom stereocenters. The third-order valence-electron chi connectivity index (χ3n) is 3.95. The van der Waals surface area contributed by atoms with Crippen molar-refractivity contribution >= 4 is 0 Å². The maximum absolute atomic E-state index is 5.48. The summed E-state index contributed by atoms with van der Waals surface area (Å²) < 4.78 is 5.48. The van der Waals surface area contributed by atoms with Gasteiger partial charge in [0.1, 0.15) is 5.75 Å². The van der Waals surface area contributed by atoms with Crippen LogP contribution in [0, 0.1) is 0 Å². The molecule has 1 heterocycles. The zero-order valence-corrected chi connectivity index (χ0v) is 11.6. The minimum Gasteiger partial charge on any atom is -0.496 e. The molecule has 1 aromatic carbocycles.